The van der Waals surface area contributed by atoms with Gasteiger partial charge in [-0.25, -0.2) is 14.8 Å². The summed E-state index contributed by atoms with van der Waals surface area (Å²) in [5, 5.41) is 8.77. The molecule has 0 bridgehead atoms. The van der Waals surface area contributed by atoms with Crippen molar-refractivity contribution in [2.45, 2.75) is 25.8 Å². The molecule has 5 aromatic rings. The summed E-state index contributed by atoms with van der Waals surface area (Å²) in [6, 6.07) is 24.0. The van der Waals surface area contributed by atoms with Crippen molar-refractivity contribution >= 4 is 39.5 Å². The second kappa shape index (κ2) is 9.89. The molecule has 1 fully saturated rings. The van der Waals surface area contributed by atoms with Gasteiger partial charge < -0.3 is 15.5 Å². The van der Waals surface area contributed by atoms with E-state index < -0.39 is 0 Å². The van der Waals surface area contributed by atoms with E-state index in [0.29, 0.717) is 12.5 Å². The molecule has 0 spiro atoms. The molecule has 2 aromatic heterocycles. The average Bonchev–Trinajstić information content (AvgIpc) is 3.38. The van der Waals surface area contributed by atoms with Crippen LogP contribution in [0.1, 0.15) is 19.8 Å². The highest BCUT2D eigenvalue weighted by atomic mass is 16.2. The standard InChI is InChI=1S/C29H29N7O/c1-20(32-28-30-16-15-27(34-28)36-19-31-25-12-4-5-14-26(25)36)22-10-7-17-35(18-22)29(37)33-24-13-6-9-21-8-2-3-11-23(21)24/h2-6,8-9,11-16,19-20,22H,7,10,17-18H2,1H3,(H,33,37)(H,30,32,34)/t20-,22-/m0/s1. The van der Waals surface area contributed by atoms with Crippen molar-refractivity contribution in [1.29, 1.82) is 0 Å². The van der Waals surface area contributed by atoms with Crippen molar-refractivity contribution < 1.29 is 4.79 Å². The van der Waals surface area contributed by atoms with Gasteiger partial charge in [0.1, 0.15) is 12.1 Å². The van der Waals surface area contributed by atoms with E-state index in [1.54, 1.807) is 12.5 Å². The fourth-order valence-electron chi connectivity index (χ4n) is 5.15. The molecule has 37 heavy (non-hydrogen) atoms. The van der Waals surface area contributed by atoms with E-state index in [1.807, 2.05) is 70.1 Å². The van der Waals surface area contributed by atoms with E-state index in [9.17, 15) is 4.79 Å². The summed E-state index contributed by atoms with van der Waals surface area (Å²) >= 11 is 0. The highest BCUT2D eigenvalue weighted by Gasteiger charge is 2.28. The molecule has 1 aliphatic rings. The van der Waals surface area contributed by atoms with Crippen molar-refractivity contribution in [2.75, 3.05) is 23.7 Å². The molecular formula is C29H29N7O. The van der Waals surface area contributed by atoms with Crippen LogP contribution in [0.2, 0.25) is 0 Å². The van der Waals surface area contributed by atoms with E-state index in [1.165, 1.54) is 0 Å². The quantitative estimate of drug-likeness (QED) is 0.329. The minimum Gasteiger partial charge on any atom is -0.351 e. The van der Waals surface area contributed by atoms with Crippen LogP contribution < -0.4 is 10.6 Å². The van der Waals surface area contributed by atoms with Crippen LogP contribution in [0.4, 0.5) is 16.4 Å². The number of likely N-dealkylation sites (tertiary alicyclic amines) is 1. The summed E-state index contributed by atoms with van der Waals surface area (Å²) in [5.74, 6) is 1.62. The van der Waals surface area contributed by atoms with Crippen LogP contribution in [-0.2, 0) is 0 Å². The number of hydrogen-bond donors (Lipinski definition) is 2. The molecule has 186 valence electrons. The molecule has 3 heterocycles. The van der Waals surface area contributed by atoms with Gasteiger partial charge >= 0.3 is 6.03 Å². The second-order valence-electron chi connectivity index (χ2n) is 9.58. The lowest BCUT2D eigenvalue weighted by molar-refractivity contribution is 0.172. The van der Waals surface area contributed by atoms with E-state index in [-0.39, 0.29) is 18.0 Å². The van der Waals surface area contributed by atoms with E-state index in [0.717, 1.165) is 52.7 Å². The minimum atomic E-state index is -0.0570. The fraction of sp³-hybridized carbons (Fsp3) is 0.241. The lowest BCUT2D eigenvalue weighted by Gasteiger charge is -2.36. The molecule has 0 saturated carbocycles. The van der Waals surface area contributed by atoms with Crippen molar-refractivity contribution in [3.63, 3.8) is 0 Å². The maximum atomic E-state index is 13.2. The molecule has 0 aliphatic carbocycles. The van der Waals surface area contributed by atoms with Gasteiger partial charge in [0.05, 0.1) is 16.7 Å². The van der Waals surface area contributed by atoms with Crippen LogP contribution in [0.3, 0.4) is 0 Å². The number of carbonyl (C=O) groups is 1. The topological polar surface area (TPSA) is 88.0 Å². The maximum Gasteiger partial charge on any atom is 0.321 e. The van der Waals surface area contributed by atoms with Gasteiger partial charge in [-0.2, -0.15) is 4.98 Å². The van der Waals surface area contributed by atoms with Crippen LogP contribution in [0.25, 0.3) is 27.6 Å². The zero-order chi connectivity index (χ0) is 25.2. The molecule has 1 aliphatic heterocycles. The second-order valence-corrected chi connectivity index (χ2v) is 9.58. The number of hydrogen-bond acceptors (Lipinski definition) is 5. The number of urea groups is 1. The van der Waals surface area contributed by atoms with Crippen LogP contribution in [0.15, 0.2) is 85.3 Å². The van der Waals surface area contributed by atoms with Crippen molar-refractivity contribution in [1.82, 2.24) is 24.4 Å². The summed E-state index contributed by atoms with van der Waals surface area (Å²) in [4.78, 5) is 28.8. The number of piperidine rings is 1. The smallest absolute Gasteiger partial charge is 0.321 e. The first-order valence-corrected chi connectivity index (χ1v) is 12.7. The predicted molar refractivity (Wildman–Crippen MR) is 147 cm³/mol. The summed E-state index contributed by atoms with van der Waals surface area (Å²) in [5.41, 5.74) is 2.77. The van der Waals surface area contributed by atoms with Gasteiger partial charge in [-0.1, -0.05) is 48.5 Å². The number of rotatable bonds is 5. The summed E-state index contributed by atoms with van der Waals surface area (Å²) in [6.07, 6.45) is 5.55. The lowest BCUT2D eigenvalue weighted by Crippen LogP contribution is -2.46. The predicted octanol–water partition coefficient (Wildman–Crippen LogP) is 5.71. The van der Waals surface area contributed by atoms with Crippen LogP contribution in [0, 0.1) is 5.92 Å². The van der Waals surface area contributed by atoms with Gasteiger partial charge in [0.2, 0.25) is 5.95 Å². The molecule has 2 amide bonds. The molecule has 2 N–H and O–H groups in total. The third kappa shape index (κ3) is 4.70. The number of imidazole rings is 1. The zero-order valence-corrected chi connectivity index (χ0v) is 20.7. The number of nitrogens with zero attached hydrogens (tertiary/aromatic N) is 5. The van der Waals surface area contributed by atoms with Gasteiger partial charge in [-0.3, -0.25) is 4.57 Å². The number of benzene rings is 3. The van der Waals surface area contributed by atoms with Gasteiger partial charge in [0, 0.05) is 30.7 Å². The Labute approximate surface area is 215 Å². The third-order valence-electron chi connectivity index (χ3n) is 7.18. The Balaban J connectivity index is 1.13. The Kier molecular flexibility index (Phi) is 6.14. The number of amides is 2. The average molecular weight is 492 g/mol. The van der Waals surface area contributed by atoms with Crippen molar-refractivity contribution in [3.8, 4) is 5.82 Å². The van der Waals surface area contributed by atoms with Gasteiger partial charge in [-0.15, -0.1) is 0 Å². The molecule has 8 heteroatoms. The molecule has 6 rings (SSSR count). The first-order valence-electron chi connectivity index (χ1n) is 12.7. The molecule has 8 nitrogen and oxygen atoms in total. The lowest BCUT2D eigenvalue weighted by atomic mass is 9.92. The fourth-order valence-corrected chi connectivity index (χ4v) is 5.15. The molecule has 2 atom stereocenters. The number of aromatic nitrogens is 4. The Hall–Kier alpha value is -4.46. The summed E-state index contributed by atoms with van der Waals surface area (Å²) in [6.45, 7) is 3.57. The van der Waals surface area contributed by atoms with Gasteiger partial charge in [0.15, 0.2) is 0 Å². The monoisotopic (exact) mass is 491 g/mol. The SMILES string of the molecule is C[C@H](Nc1nccc(-n2cnc3ccccc32)n1)[C@H]1CCCN(C(=O)Nc2cccc3ccccc23)C1. The van der Waals surface area contributed by atoms with Crippen LogP contribution in [-0.4, -0.2) is 49.6 Å². The van der Waals surface area contributed by atoms with E-state index in [4.69, 9.17) is 4.98 Å². The highest BCUT2D eigenvalue weighted by molar-refractivity contribution is 6.01. The van der Waals surface area contributed by atoms with Gasteiger partial charge in [-0.05, 0) is 55.3 Å². The molecule has 0 unspecified atom stereocenters. The summed E-state index contributed by atoms with van der Waals surface area (Å²) < 4.78 is 1.97. The van der Waals surface area contributed by atoms with Crippen molar-refractivity contribution in [2.24, 2.45) is 5.92 Å². The normalized spacial score (nSPS) is 16.6. The van der Waals surface area contributed by atoms with Crippen LogP contribution in [0.5, 0.6) is 0 Å². The molecular weight excluding hydrogens is 462 g/mol. The van der Waals surface area contributed by atoms with Gasteiger partial charge in [0.25, 0.3) is 0 Å². The first kappa shape index (κ1) is 23.0. The molecule has 0 radical (unpaired) electrons. The molecule has 1 saturated heterocycles. The zero-order valence-electron chi connectivity index (χ0n) is 20.7. The molecule has 3 aromatic carbocycles. The largest absolute Gasteiger partial charge is 0.351 e. The number of nitrogens with one attached hydrogen (secondary N) is 2. The van der Waals surface area contributed by atoms with E-state index in [2.05, 4.69) is 39.7 Å². The Morgan fingerprint density at radius 2 is 1.84 bits per heavy atom. The number of fused-ring (bicyclic) bond motifs is 2. The Bertz CT molecular complexity index is 1560. The summed E-state index contributed by atoms with van der Waals surface area (Å²) in [7, 11) is 0. The number of para-hydroxylation sites is 2. The Morgan fingerprint density at radius 1 is 1.00 bits per heavy atom. The number of carbonyl (C=O) groups excluding carboxylic acids is 1. The Morgan fingerprint density at radius 3 is 2.78 bits per heavy atom. The first-order chi connectivity index (χ1) is 18.2. The van der Waals surface area contributed by atoms with Crippen molar-refractivity contribution in [3.05, 3.63) is 85.3 Å². The van der Waals surface area contributed by atoms with E-state index >= 15 is 0 Å². The third-order valence-corrected chi connectivity index (χ3v) is 7.18. The maximum absolute atomic E-state index is 13.2. The number of anilines is 2. The minimum absolute atomic E-state index is 0.0570. The van der Waals surface area contributed by atoms with Crippen LogP contribution >= 0.6 is 0 Å². The highest BCUT2D eigenvalue weighted by Crippen LogP contribution is 2.26.